The van der Waals surface area contributed by atoms with Crippen molar-refractivity contribution in [2.75, 3.05) is 28.4 Å². The van der Waals surface area contributed by atoms with E-state index >= 15 is 0 Å². The molecular formula is C40H34Cl2N2O8. The highest BCUT2D eigenvalue weighted by atomic mass is 35.5. The van der Waals surface area contributed by atoms with E-state index in [9.17, 15) is 19.2 Å². The summed E-state index contributed by atoms with van der Waals surface area (Å²) in [6, 6.07) is 20.2. The number of esters is 2. The topological polar surface area (TPSA) is 115 Å². The van der Waals surface area contributed by atoms with Crippen LogP contribution in [0, 0.1) is 13.8 Å². The molecule has 0 unspecified atom stereocenters. The fourth-order valence-corrected chi connectivity index (χ4v) is 6.87. The summed E-state index contributed by atoms with van der Waals surface area (Å²) in [7, 11) is 5.65. The van der Waals surface area contributed by atoms with Crippen LogP contribution in [0.25, 0.3) is 32.9 Å². The molecular weight excluding hydrogens is 707 g/mol. The number of ether oxygens (including phenoxy) is 4. The summed E-state index contributed by atoms with van der Waals surface area (Å²) < 4.78 is 25.0. The Balaban J connectivity index is 1.66. The first-order valence-corrected chi connectivity index (χ1v) is 16.9. The van der Waals surface area contributed by atoms with Crippen LogP contribution in [0.5, 0.6) is 11.5 Å². The normalized spacial score (nSPS) is 11.2. The summed E-state index contributed by atoms with van der Waals surface area (Å²) in [4.78, 5) is 53.5. The first-order chi connectivity index (χ1) is 24.9. The summed E-state index contributed by atoms with van der Waals surface area (Å²) in [6.45, 7) is 3.54. The third-order valence-corrected chi connectivity index (χ3v) is 9.79. The predicted molar refractivity (Wildman–Crippen MR) is 199 cm³/mol. The second-order valence-corrected chi connectivity index (χ2v) is 12.9. The zero-order valence-electron chi connectivity index (χ0n) is 29.3. The van der Waals surface area contributed by atoms with Crippen LogP contribution in [0.15, 0.2) is 72.8 Å². The van der Waals surface area contributed by atoms with Crippen LogP contribution in [0.3, 0.4) is 0 Å². The van der Waals surface area contributed by atoms with Gasteiger partial charge in [-0.05, 0) is 97.8 Å². The summed E-state index contributed by atoms with van der Waals surface area (Å²) in [5.41, 5.74) is 5.16. The van der Waals surface area contributed by atoms with Crippen LogP contribution in [0.1, 0.15) is 43.2 Å². The molecule has 0 aliphatic heterocycles. The van der Waals surface area contributed by atoms with E-state index in [4.69, 9.17) is 42.1 Å². The van der Waals surface area contributed by atoms with Crippen molar-refractivity contribution in [2.45, 2.75) is 26.7 Å². The zero-order valence-corrected chi connectivity index (χ0v) is 30.8. The van der Waals surface area contributed by atoms with Crippen LogP contribution >= 0.6 is 23.2 Å². The summed E-state index contributed by atoms with van der Waals surface area (Å²) in [5.74, 6) is -0.776. The van der Waals surface area contributed by atoms with Gasteiger partial charge in [-0.3, -0.25) is 28.3 Å². The van der Waals surface area contributed by atoms with Crippen LogP contribution in [0.4, 0.5) is 0 Å². The maximum Gasteiger partial charge on any atom is 0.310 e. The van der Waals surface area contributed by atoms with Crippen LogP contribution in [0.2, 0.25) is 10.0 Å². The summed E-state index contributed by atoms with van der Waals surface area (Å²) >= 11 is 12.3. The minimum absolute atomic E-state index is 0.0832. The predicted octanol–water partition coefficient (Wildman–Crippen LogP) is 8.01. The largest absolute Gasteiger partial charge is 0.496 e. The maximum absolute atomic E-state index is 14.2. The lowest BCUT2D eigenvalue weighted by molar-refractivity contribution is -0.140. The maximum atomic E-state index is 14.2. The number of carbonyl (C=O) groups is 4. The highest BCUT2D eigenvalue weighted by Crippen LogP contribution is 2.44. The van der Waals surface area contributed by atoms with Gasteiger partial charge in [-0.25, -0.2) is 0 Å². The Labute approximate surface area is 309 Å². The molecule has 0 N–H and O–H groups in total. The molecule has 2 aromatic heterocycles. The Morgan fingerprint density at radius 1 is 0.558 bits per heavy atom. The van der Waals surface area contributed by atoms with Gasteiger partial charge in [-0.15, -0.1) is 0 Å². The zero-order chi connectivity index (χ0) is 37.4. The van der Waals surface area contributed by atoms with Gasteiger partial charge in [0.1, 0.15) is 11.5 Å². The van der Waals surface area contributed by atoms with Gasteiger partial charge in [0.05, 0.1) is 52.3 Å². The Bertz CT molecular complexity index is 2240. The number of aromatic nitrogens is 2. The number of methoxy groups -OCH3 is 4. The lowest BCUT2D eigenvalue weighted by Gasteiger charge is -2.16. The molecule has 0 saturated carbocycles. The molecule has 0 fully saturated rings. The molecule has 266 valence electrons. The number of fused-ring (bicyclic) bond motifs is 2. The number of rotatable bonds is 9. The van der Waals surface area contributed by atoms with Crippen molar-refractivity contribution in [1.82, 2.24) is 9.13 Å². The minimum atomic E-state index is -0.472. The average molecular weight is 742 g/mol. The van der Waals surface area contributed by atoms with Crippen molar-refractivity contribution in [1.29, 1.82) is 0 Å². The van der Waals surface area contributed by atoms with E-state index in [1.54, 1.807) is 95.8 Å². The molecule has 0 saturated heterocycles. The van der Waals surface area contributed by atoms with Crippen LogP contribution in [-0.4, -0.2) is 61.3 Å². The molecule has 6 aromatic rings. The highest BCUT2D eigenvalue weighted by molar-refractivity contribution is 6.31. The van der Waals surface area contributed by atoms with E-state index in [0.717, 1.165) is 0 Å². The molecule has 2 heterocycles. The Morgan fingerprint density at radius 3 is 1.21 bits per heavy atom. The van der Waals surface area contributed by atoms with Crippen molar-refractivity contribution < 1.29 is 38.1 Å². The van der Waals surface area contributed by atoms with Gasteiger partial charge in [0.15, 0.2) is 0 Å². The molecule has 0 aliphatic carbocycles. The molecule has 4 aromatic carbocycles. The molecule has 0 bridgehead atoms. The minimum Gasteiger partial charge on any atom is -0.496 e. The van der Waals surface area contributed by atoms with Crippen molar-refractivity contribution in [3.05, 3.63) is 116 Å². The number of carbonyl (C=O) groups excluding carboxylic acids is 4. The third kappa shape index (κ3) is 6.40. The standard InChI is InChI=1S/C40H34Cl2N2O8/c1-21-27(19-37(45)51-5)29-17-35(49-3)31(15-33(29)43(21)39(47)23-7-11-25(41)12-8-23)32-16-34-30(18-36(32)50-4)28(20-38(46)52-6)22(2)44(34)40(48)24-9-13-26(42)14-10-24/h7-18H,19-20H2,1-6H3. The second-order valence-electron chi connectivity index (χ2n) is 12.1. The lowest BCUT2D eigenvalue weighted by Crippen LogP contribution is -2.14. The smallest absolute Gasteiger partial charge is 0.310 e. The van der Waals surface area contributed by atoms with Gasteiger partial charge in [0.2, 0.25) is 0 Å². The Morgan fingerprint density at radius 2 is 0.904 bits per heavy atom. The van der Waals surface area contributed by atoms with E-state index in [2.05, 4.69) is 0 Å². The number of hydrogen-bond donors (Lipinski definition) is 0. The first-order valence-electron chi connectivity index (χ1n) is 16.1. The van der Waals surface area contributed by atoms with Gasteiger partial charge < -0.3 is 18.9 Å². The number of benzene rings is 4. The fraction of sp³-hybridized carbons (Fsp3) is 0.200. The number of hydrogen-bond acceptors (Lipinski definition) is 8. The SMILES string of the molecule is COC(=O)Cc1c(C)n(C(=O)c2ccc(Cl)cc2)c2cc(-c3cc4c(cc3OC)c(CC(=O)OC)c(C)n4C(=O)c3ccc(Cl)cc3)c(OC)cc12. The lowest BCUT2D eigenvalue weighted by atomic mass is 9.97. The molecule has 6 rings (SSSR count). The Hall–Kier alpha value is -5.58. The van der Waals surface area contributed by atoms with Crippen molar-refractivity contribution >= 4 is 68.8 Å². The second kappa shape index (κ2) is 14.6. The molecule has 0 radical (unpaired) electrons. The Kier molecular flexibility index (Phi) is 10.2. The molecule has 0 amide bonds. The molecule has 0 aliphatic rings. The van der Waals surface area contributed by atoms with Gasteiger partial charge in [0, 0.05) is 54.5 Å². The van der Waals surface area contributed by atoms with E-state index in [0.29, 0.717) is 88.1 Å². The van der Waals surface area contributed by atoms with Gasteiger partial charge in [0.25, 0.3) is 11.8 Å². The molecule has 0 atom stereocenters. The van der Waals surface area contributed by atoms with Crippen molar-refractivity contribution in [2.24, 2.45) is 0 Å². The average Bonchev–Trinajstić information content (AvgIpc) is 3.57. The molecule has 10 nitrogen and oxygen atoms in total. The summed E-state index contributed by atoms with van der Waals surface area (Å²) in [6.07, 6.45) is -0.166. The van der Waals surface area contributed by atoms with Crippen LogP contribution < -0.4 is 9.47 Å². The van der Waals surface area contributed by atoms with Gasteiger partial charge >= 0.3 is 11.9 Å². The van der Waals surface area contributed by atoms with E-state index in [1.165, 1.54) is 28.4 Å². The van der Waals surface area contributed by atoms with E-state index in [-0.39, 0.29) is 24.7 Å². The molecule has 12 heteroatoms. The summed E-state index contributed by atoms with van der Waals surface area (Å²) in [5, 5.41) is 2.19. The highest BCUT2D eigenvalue weighted by Gasteiger charge is 2.28. The third-order valence-electron chi connectivity index (χ3n) is 9.29. The van der Waals surface area contributed by atoms with E-state index in [1.807, 2.05) is 0 Å². The van der Waals surface area contributed by atoms with Crippen LogP contribution in [-0.2, 0) is 31.9 Å². The fourth-order valence-electron chi connectivity index (χ4n) is 6.62. The van der Waals surface area contributed by atoms with Crippen molar-refractivity contribution in [3.63, 3.8) is 0 Å². The number of halogens is 2. The van der Waals surface area contributed by atoms with Gasteiger partial charge in [-0.2, -0.15) is 0 Å². The monoisotopic (exact) mass is 740 g/mol. The van der Waals surface area contributed by atoms with Gasteiger partial charge in [-0.1, -0.05) is 23.2 Å². The molecule has 52 heavy (non-hydrogen) atoms. The quantitative estimate of drug-likeness (QED) is 0.137. The van der Waals surface area contributed by atoms with Crippen molar-refractivity contribution in [3.8, 4) is 22.6 Å². The first kappa shape index (κ1) is 36.2. The molecule has 0 spiro atoms. The van der Waals surface area contributed by atoms with E-state index < -0.39 is 11.9 Å². The number of nitrogens with zero attached hydrogens (tertiary/aromatic N) is 2.